The van der Waals surface area contributed by atoms with Gasteiger partial charge in [-0.2, -0.15) is 0 Å². The molecule has 3 rings (SSSR count). The largest absolute Gasteiger partial charge is 0.350 e. The summed E-state index contributed by atoms with van der Waals surface area (Å²) in [6.07, 6.45) is 1.41. The molecule has 0 saturated carbocycles. The van der Waals surface area contributed by atoms with Gasteiger partial charge in [0.25, 0.3) is 0 Å². The summed E-state index contributed by atoms with van der Waals surface area (Å²) >= 11 is 1.72. The van der Waals surface area contributed by atoms with Gasteiger partial charge in [-0.1, -0.05) is 29.8 Å². The summed E-state index contributed by atoms with van der Waals surface area (Å²) in [7, 11) is 0. The number of nitrogens with zero attached hydrogens (tertiary/aromatic N) is 1. The number of thioether (sulfide) groups is 1. The lowest BCUT2D eigenvalue weighted by atomic mass is 10.1. The Bertz CT molecular complexity index is 589. The molecule has 0 bridgehead atoms. The molecular formula is C16H20N2O2S. The molecule has 2 atom stereocenters. The van der Waals surface area contributed by atoms with Gasteiger partial charge in [-0.15, -0.1) is 11.8 Å². The van der Waals surface area contributed by atoms with Crippen molar-refractivity contribution in [1.82, 2.24) is 10.2 Å². The highest BCUT2D eigenvalue weighted by molar-refractivity contribution is 8.01. The van der Waals surface area contributed by atoms with Gasteiger partial charge in [-0.25, -0.2) is 0 Å². The third-order valence-corrected chi connectivity index (χ3v) is 5.80. The van der Waals surface area contributed by atoms with Gasteiger partial charge in [-0.3, -0.25) is 9.59 Å². The summed E-state index contributed by atoms with van der Waals surface area (Å²) in [5, 5.41) is 2.97. The first-order valence-electron chi connectivity index (χ1n) is 7.29. The predicted octanol–water partition coefficient (Wildman–Crippen LogP) is 2.07. The molecule has 2 aliphatic rings. The Balaban J connectivity index is 1.65. The molecule has 0 radical (unpaired) electrons. The highest BCUT2D eigenvalue weighted by Gasteiger charge is 2.52. The van der Waals surface area contributed by atoms with Crippen LogP contribution in [0.5, 0.6) is 0 Å². The summed E-state index contributed by atoms with van der Waals surface area (Å²) < 4.78 is 0. The maximum atomic E-state index is 12.4. The van der Waals surface area contributed by atoms with E-state index in [2.05, 4.69) is 18.3 Å². The van der Waals surface area contributed by atoms with Gasteiger partial charge in [0, 0.05) is 18.7 Å². The van der Waals surface area contributed by atoms with Crippen LogP contribution in [-0.4, -0.2) is 33.4 Å². The topological polar surface area (TPSA) is 49.4 Å². The van der Waals surface area contributed by atoms with E-state index < -0.39 is 0 Å². The Labute approximate surface area is 129 Å². The lowest BCUT2D eigenvalue weighted by Crippen LogP contribution is -2.49. The Morgan fingerprint density at radius 3 is 3.10 bits per heavy atom. The van der Waals surface area contributed by atoms with Crippen LogP contribution in [0, 0.1) is 6.92 Å². The van der Waals surface area contributed by atoms with E-state index >= 15 is 0 Å². The van der Waals surface area contributed by atoms with Crippen molar-refractivity contribution < 1.29 is 9.59 Å². The Morgan fingerprint density at radius 1 is 1.52 bits per heavy atom. The zero-order chi connectivity index (χ0) is 15.0. The third kappa shape index (κ3) is 2.67. The van der Waals surface area contributed by atoms with Gasteiger partial charge < -0.3 is 10.2 Å². The van der Waals surface area contributed by atoms with Gasteiger partial charge in [0.2, 0.25) is 11.8 Å². The molecule has 2 aliphatic heterocycles. The molecule has 2 saturated heterocycles. The Hall–Kier alpha value is -1.49. The van der Waals surface area contributed by atoms with Crippen molar-refractivity contribution in [3.63, 3.8) is 0 Å². The van der Waals surface area contributed by atoms with Crippen LogP contribution in [0.2, 0.25) is 0 Å². The third-order valence-electron chi connectivity index (χ3n) is 4.30. The smallest absolute Gasteiger partial charge is 0.243 e. The molecule has 2 amide bonds. The molecule has 0 unspecified atom stereocenters. The first-order chi connectivity index (χ1) is 9.99. The van der Waals surface area contributed by atoms with Crippen LogP contribution < -0.4 is 5.32 Å². The van der Waals surface area contributed by atoms with Gasteiger partial charge >= 0.3 is 0 Å². The van der Waals surface area contributed by atoms with E-state index in [0.717, 1.165) is 12.0 Å². The zero-order valence-corrected chi connectivity index (χ0v) is 13.2. The van der Waals surface area contributed by atoms with Crippen LogP contribution in [0.4, 0.5) is 0 Å². The van der Waals surface area contributed by atoms with E-state index in [1.807, 2.05) is 25.1 Å². The monoisotopic (exact) mass is 304 g/mol. The molecule has 1 N–H and O–H groups in total. The van der Waals surface area contributed by atoms with Gasteiger partial charge in [-0.05, 0) is 25.8 Å². The maximum Gasteiger partial charge on any atom is 0.243 e. The summed E-state index contributed by atoms with van der Waals surface area (Å²) in [5.41, 5.74) is 2.27. The minimum absolute atomic E-state index is 0.0389. The SMILES string of the molecule is Cc1cccc(CNC(=O)[C@H]2CS[C@]3(C)CCC(=O)N23)c1. The standard InChI is InChI=1S/C16H20N2O2S/c1-11-4-3-5-12(8-11)9-17-15(20)13-10-21-16(2)7-6-14(19)18(13)16/h3-5,8,13H,6-7,9-10H2,1-2H3,(H,17,20)/t13-,16-/m1/s1. The molecule has 5 heteroatoms. The minimum Gasteiger partial charge on any atom is -0.350 e. The second-order valence-corrected chi connectivity index (χ2v) is 7.47. The molecule has 0 aromatic heterocycles. The lowest BCUT2D eigenvalue weighted by molar-refractivity contribution is -0.138. The number of carbonyl (C=O) groups excluding carboxylic acids is 2. The van der Waals surface area contributed by atoms with Crippen molar-refractivity contribution in [3.05, 3.63) is 35.4 Å². The first-order valence-corrected chi connectivity index (χ1v) is 8.27. The van der Waals surface area contributed by atoms with Crippen LogP contribution in [-0.2, 0) is 16.1 Å². The Kier molecular flexibility index (Phi) is 3.69. The normalized spacial score (nSPS) is 27.8. The minimum atomic E-state index is -0.320. The number of carbonyl (C=O) groups is 2. The van der Waals surface area contributed by atoms with Gasteiger partial charge in [0.05, 0.1) is 4.87 Å². The molecule has 2 heterocycles. The maximum absolute atomic E-state index is 12.4. The van der Waals surface area contributed by atoms with E-state index in [0.29, 0.717) is 18.7 Å². The highest BCUT2D eigenvalue weighted by atomic mass is 32.2. The number of aryl methyl sites for hydroxylation is 1. The molecule has 112 valence electrons. The van der Waals surface area contributed by atoms with Crippen molar-refractivity contribution in [2.75, 3.05) is 5.75 Å². The molecular weight excluding hydrogens is 284 g/mol. The molecule has 1 aromatic rings. The molecule has 0 spiro atoms. The Morgan fingerprint density at radius 2 is 2.33 bits per heavy atom. The van der Waals surface area contributed by atoms with Crippen molar-refractivity contribution in [2.45, 2.75) is 44.1 Å². The number of amides is 2. The second-order valence-electron chi connectivity index (χ2n) is 5.97. The van der Waals surface area contributed by atoms with Crippen LogP contribution in [0.3, 0.4) is 0 Å². The number of fused-ring (bicyclic) bond motifs is 1. The number of rotatable bonds is 3. The van der Waals surface area contributed by atoms with E-state index in [-0.39, 0.29) is 22.7 Å². The molecule has 4 nitrogen and oxygen atoms in total. The number of hydrogen-bond donors (Lipinski definition) is 1. The summed E-state index contributed by atoms with van der Waals surface area (Å²) in [6.45, 7) is 4.62. The van der Waals surface area contributed by atoms with Crippen molar-refractivity contribution >= 4 is 23.6 Å². The molecule has 21 heavy (non-hydrogen) atoms. The molecule has 0 aliphatic carbocycles. The van der Waals surface area contributed by atoms with Crippen LogP contribution >= 0.6 is 11.8 Å². The molecule has 2 fully saturated rings. The van der Waals surface area contributed by atoms with E-state index in [1.165, 1.54) is 5.56 Å². The number of hydrogen-bond acceptors (Lipinski definition) is 3. The van der Waals surface area contributed by atoms with E-state index in [4.69, 9.17) is 0 Å². The first kappa shape index (κ1) is 14.4. The lowest BCUT2D eigenvalue weighted by Gasteiger charge is -2.29. The second kappa shape index (κ2) is 5.37. The van der Waals surface area contributed by atoms with Crippen molar-refractivity contribution in [3.8, 4) is 0 Å². The van der Waals surface area contributed by atoms with Crippen LogP contribution in [0.15, 0.2) is 24.3 Å². The number of nitrogens with one attached hydrogen (secondary N) is 1. The van der Waals surface area contributed by atoms with E-state index in [9.17, 15) is 9.59 Å². The fourth-order valence-electron chi connectivity index (χ4n) is 3.14. The predicted molar refractivity (Wildman–Crippen MR) is 83.8 cm³/mol. The number of benzene rings is 1. The quantitative estimate of drug-likeness (QED) is 0.930. The summed E-state index contributed by atoms with van der Waals surface area (Å²) in [6, 6.07) is 7.77. The van der Waals surface area contributed by atoms with Gasteiger partial charge in [0.1, 0.15) is 6.04 Å². The van der Waals surface area contributed by atoms with Gasteiger partial charge in [0.15, 0.2) is 0 Å². The van der Waals surface area contributed by atoms with E-state index in [1.54, 1.807) is 16.7 Å². The molecule has 1 aromatic carbocycles. The highest BCUT2D eigenvalue weighted by Crippen LogP contribution is 2.47. The average Bonchev–Trinajstić information content (AvgIpc) is 2.94. The summed E-state index contributed by atoms with van der Waals surface area (Å²) in [4.78, 5) is 26.1. The van der Waals surface area contributed by atoms with Crippen molar-refractivity contribution in [1.29, 1.82) is 0 Å². The van der Waals surface area contributed by atoms with Crippen LogP contribution in [0.25, 0.3) is 0 Å². The average molecular weight is 304 g/mol. The van der Waals surface area contributed by atoms with Crippen molar-refractivity contribution in [2.24, 2.45) is 0 Å². The summed E-state index contributed by atoms with van der Waals surface area (Å²) in [5.74, 6) is 0.767. The zero-order valence-electron chi connectivity index (χ0n) is 12.4. The fraction of sp³-hybridized carbons (Fsp3) is 0.500. The fourth-order valence-corrected chi connectivity index (χ4v) is 4.58. The van der Waals surface area contributed by atoms with Crippen LogP contribution in [0.1, 0.15) is 30.9 Å².